The van der Waals surface area contributed by atoms with E-state index in [0.717, 1.165) is 8.95 Å². The third-order valence-electron chi connectivity index (χ3n) is 4.44. The van der Waals surface area contributed by atoms with Crippen LogP contribution in [-0.4, -0.2) is 44.3 Å². The quantitative estimate of drug-likeness (QED) is 0.169. The molecule has 0 bridgehead atoms. The smallest absolute Gasteiger partial charge is 0.282 e. The average Bonchev–Trinajstić information content (AvgIpc) is 3.59. The Labute approximate surface area is 265 Å². The Kier molecular flexibility index (Phi) is 11.5. The third-order valence-corrected chi connectivity index (χ3v) is 7.27. The van der Waals surface area contributed by atoms with Gasteiger partial charge in [-0.15, -0.1) is 20.4 Å². The molecule has 0 fully saturated rings. The minimum Gasteiger partial charge on any atom is -0.282 e. The summed E-state index contributed by atoms with van der Waals surface area (Å²) in [6.45, 7) is 0. The van der Waals surface area contributed by atoms with Crippen LogP contribution in [0, 0.1) is 0 Å². The first-order valence-electron chi connectivity index (χ1n) is 11.1. The number of rotatable bonds is 4. The van der Waals surface area contributed by atoms with Crippen LogP contribution in [0.3, 0.4) is 0 Å². The van der Waals surface area contributed by atoms with E-state index in [4.69, 9.17) is 0 Å². The molecule has 44 heavy (non-hydrogen) atoms. The highest BCUT2D eigenvalue weighted by Gasteiger charge is 2.36. The second kappa shape index (κ2) is 14.6. The number of imide groups is 2. The van der Waals surface area contributed by atoms with E-state index in [2.05, 4.69) is 52.3 Å². The molecule has 22 heteroatoms. The van der Waals surface area contributed by atoms with Crippen molar-refractivity contribution >= 4 is 88.7 Å². The predicted octanol–water partition coefficient (Wildman–Crippen LogP) is 6.56. The lowest BCUT2D eigenvalue weighted by molar-refractivity contribution is -0.138. The van der Waals surface area contributed by atoms with E-state index in [1.165, 1.54) is 24.3 Å². The van der Waals surface area contributed by atoms with E-state index in [0.29, 0.717) is 0 Å². The Morgan fingerprint density at radius 1 is 0.568 bits per heavy atom. The molecule has 0 atom stereocenters. The van der Waals surface area contributed by atoms with Crippen molar-refractivity contribution < 1.29 is 45.5 Å². The molecule has 232 valence electrons. The molecule has 4 N–H and O–H groups in total. The topological polar surface area (TPSA) is 168 Å². The first-order chi connectivity index (χ1) is 20.5. The predicted molar refractivity (Wildman–Crippen MR) is 151 cm³/mol. The number of hydrogen-bond acceptors (Lipinski definition) is 10. The fourth-order valence-electron chi connectivity index (χ4n) is 2.59. The molecular formula is C22H12Br2F6N8O4S2. The number of benzene rings is 2. The van der Waals surface area contributed by atoms with Crippen molar-refractivity contribution in [1.29, 1.82) is 0 Å². The van der Waals surface area contributed by atoms with Crippen LogP contribution in [0.15, 0.2) is 57.5 Å². The molecule has 6 amide bonds. The fraction of sp³-hybridized carbons (Fsp3) is 0.0909. The number of halogens is 8. The lowest BCUT2D eigenvalue weighted by Crippen LogP contribution is -2.34. The Balaban J connectivity index is 0.000000240. The molecule has 4 aromatic rings. The molecule has 12 nitrogen and oxygen atoms in total. The van der Waals surface area contributed by atoms with Gasteiger partial charge in [-0.3, -0.25) is 30.9 Å². The molecule has 0 aliphatic rings. The van der Waals surface area contributed by atoms with Crippen molar-refractivity contribution in [1.82, 2.24) is 31.0 Å². The van der Waals surface area contributed by atoms with E-state index in [1.54, 1.807) is 24.3 Å². The number of aromatic nitrogens is 4. The van der Waals surface area contributed by atoms with Gasteiger partial charge >= 0.3 is 24.4 Å². The highest BCUT2D eigenvalue weighted by molar-refractivity contribution is 9.10. The molecule has 2 heterocycles. The first-order valence-corrected chi connectivity index (χ1v) is 14.3. The summed E-state index contributed by atoms with van der Waals surface area (Å²) in [6, 6.07) is 10.3. The first kappa shape index (κ1) is 34.5. The van der Waals surface area contributed by atoms with Crippen LogP contribution in [0.2, 0.25) is 0 Å². The molecule has 0 radical (unpaired) electrons. The van der Waals surface area contributed by atoms with Crippen LogP contribution in [0.5, 0.6) is 0 Å². The van der Waals surface area contributed by atoms with Crippen LogP contribution in [0.4, 0.5) is 46.2 Å². The van der Waals surface area contributed by atoms with Crippen LogP contribution in [-0.2, 0) is 12.4 Å². The summed E-state index contributed by atoms with van der Waals surface area (Å²) in [7, 11) is 0. The molecule has 0 aliphatic heterocycles. The van der Waals surface area contributed by atoms with Gasteiger partial charge in [-0.25, -0.2) is 9.59 Å². The lowest BCUT2D eigenvalue weighted by atomic mass is 10.2. The maximum absolute atomic E-state index is 12.3. The van der Waals surface area contributed by atoms with Crippen molar-refractivity contribution in [2.75, 3.05) is 10.6 Å². The van der Waals surface area contributed by atoms with Crippen molar-refractivity contribution in [3.63, 3.8) is 0 Å². The standard InChI is InChI=1S/2C11H6BrF3N4O2S/c2*12-6-3-1-5(2-4-6)7(20)16-9(21)17-10-19-18-8(22-10)11(13,14)15/h2*1-4H,(H2,16,17,19,20,21). The number of hydrogen-bond donors (Lipinski definition) is 4. The zero-order valence-corrected chi connectivity index (χ0v) is 25.7. The normalized spacial score (nSPS) is 11.1. The van der Waals surface area contributed by atoms with Crippen LogP contribution >= 0.6 is 54.5 Å². The van der Waals surface area contributed by atoms with Gasteiger partial charge in [-0.1, -0.05) is 54.5 Å². The Bertz CT molecular complexity index is 1530. The van der Waals surface area contributed by atoms with Crippen molar-refractivity contribution in [3.8, 4) is 0 Å². The third kappa shape index (κ3) is 10.6. The van der Waals surface area contributed by atoms with Gasteiger partial charge in [0.15, 0.2) is 0 Å². The zero-order valence-electron chi connectivity index (χ0n) is 20.9. The number of urea groups is 2. The van der Waals surface area contributed by atoms with E-state index in [9.17, 15) is 45.5 Å². The minimum absolute atomic E-state index is 0.156. The molecular weight excluding hydrogens is 778 g/mol. The Hall–Kier alpha value is -4.02. The second-order valence-corrected chi connectivity index (χ2v) is 11.4. The maximum atomic E-state index is 12.3. The molecule has 0 aliphatic carbocycles. The summed E-state index contributed by atoms with van der Waals surface area (Å²) >= 11 is 6.70. The molecule has 0 unspecified atom stereocenters. The Morgan fingerprint density at radius 2 is 0.886 bits per heavy atom. The summed E-state index contributed by atoms with van der Waals surface area (Å²) in [5, 5.41) is 17.0. The van der Waals surface area contributed by atoms with Crippen molar-refractivity contribution in [3.05, 3.63) is 78.6 Å². The number of nitrogens with zero attached hydrogens (tertiary/aromatic N) is 4. The molecule has 0 spiro atoms. The van der Waals surface area contributed by atoms with Gasteiger partial charge in [0.05, 0.1) is 0 Å². The number of amides is 6. The lowest BCUT2D eigenvalue weighted by Gasteiger charge is -2.04. The summed E-state index contributed by atoms with van der Waals surface area (Å²) in [6.07, 6.45) is -9.28. The number of carbonyl (C=O) groups is 4. The van der Waals surface area contributed by atoms with Crippen LogP contribution in [0.25, 0.3) is 0 Å². The highest BCUT2D eigenvalue weighted by Crippen LogP contribution is 2.33. The van der Waals surface area contributed by atoms with E-state index >= 15 is 0 Å². The van der Waals surface area contributed by atoms with Gasteiger partial charge in [0.1, 0.15) is 0 Å². The van der Waals surface area contributed by atoms with E-state index in [1.807, 2.05) is 21.3 Å². The summed E-state index contributed by atoms with van der Waals surface area (Å²) in [5.41, 5.74) is 0.429. The molecule has 2 aromatic carbocycles. The number of nitrogens with one attached hydrogen (secondary N) is 4. The SMILES string of the molecule is O=C(NC(=O)c1ccc(Br)cc1)Nc1nnc(C(F)(F)F)s1.O=C(NC(=O)c1ccc(Br)cc1)Nc1nnc(C(F)(F)F)s1. The van der Waals surface area contributed by atoms with Crippen LogP contribution in [0.1, 0.15) is 30.7 Å². The van der Waals surface area contributed by atoms with E-state index in [-0.39, 0.29) is 44.1 Å². The molecule has 0 saturated carbocycles. The van der Waals surface area contributed by atoms with Crippen LogP contribution < -0.4 is 21.3 Å². The average molecular weight is 790 g/mol. The summed E-state index contributed by atoms with van der Waals surface area (Å²) < 4.78 is 75.4. The number of carbonyl (C=O) groups excluding carboxylic acids is 4. The number of anilines is 2. The summed E-state index contributed by atoms with van der Waals surface area (Å²) in [5.74, 6) is -1.41. The minimum atomic E-state index is -4.64. The molecule has 2 aromatic heterocycles. The second-order valence-electron chi connectivity index (χ2n) is 7.65. The largest absolute Gasteiger partial charge is 0.445 e. The monoisotopic (exact) mass is 788 g/mol. The molecule has 4 rings (SSSR count). The van der Waals surface area contributed by atoms with E-state index < -0.39 is 46.2 Å². The zero-order chi connectivity index (χ0) is 32.7. The van der Waals surface area contributed by atoms with Gasteiger partial charge in [-0.05, 0) is 48.5 Å². The summed E-state index contributed by atoms with van der Waals surface area (Å²) in [4.78, 5) is 46.5. The van der Waals surface area contributed by atoms with Gasteiger partial charge in [0.2, 0.25) is 20.3 Å². The van der Waals surface area contributed by atoms with Gasteiger partial charge in [0.25, 0.3) is 11.8 Å². The van der Waals surface area contributed by atoms with Crippen molar-refractivity contribution in [2.45, 2.75) is 12.4 Å². The van der Waals surface area contributed by atoms with Gasteiger partial charge in [0, 0.05) is 20.1 Å². The number of alkyl halides is 6. The van der Waals surface area contributed by atoms with Gasteiger partial charge in [-0.2, -0.15) is 26.3 Å². The van der Waals surface area contributed by atoms with Gasteiger partial charge < -0.3 is 0 Å². The molecule has 0 saturated heterocycles. The Morgan fingerprint density at radius 3 is 1.16 bits per heavy atom. The fourth-order valence-corrected chi connectivity index (χ4v) is 4.33. The van der Waals surface area contributed by atoms with Crippen molar-refractivity contribution in [2.24, 2.45) is 0 Å². The highest BCUT2D eigenvalue weighted by atomic mass is 79.9. The maximum Gasteiger partial charge on any atom is 0.445 e.